The van der Waals surface area contributed by atoms with E-state index in [-0.39, 0.29) is 20.7 Å². The Balaban J connectivity index is 1.94. The van der Waals surface area contributed by atoms with E-state index >= 15 is 0 Å². The van der Waals surface area contributed by atoms with Gasteiger partial charge in [0.2, 0.25) is 0 Å². The Morgan fingerprint density at radius 2 is 2.08 bits per heavy atom. The van der Waals surface area contributed by atoms with Gasteiger partial charge in [-0.05, 0) is 35.3 Å². The van der Waals surface area contributed by atoms with Crippen LogP contribution in [0.4, 0.5) is 5.69 Å². The third kappa shape index (κ3) is 3.47. The van der Waals surface area contributed by atoms with Crippen LogP contribution in [0.25, 0.3) is 10.8 Å². The van der Waals surface area contributed by atoms with Gasteiger partial charge in [-0.3, -0.25) is 10.1 Å². The Morgan fingerprint density at radius 3 is 2.71 bits per heavy atom. The highest BCUT2D eigenvalue weighted by molar-refractivity contribution is 7.99. The predicted molar refractivity (Wildman–Crippen MR) is 87.9 cm³/mol. The Kier molecular flexibility index (Phi) is 4.39. The van der Waals surface area contributed by atoms with E-state index in [1.54, 1.807) is 0 Å². The zero-order valence-corrected chi connectivity index (χ0v) is 14.5. The number of hydrogen-bond acceptors (Lipinski definition) is 9. The molecule has 0 atom stereocenters. The molecular weight excluding hydrogens is 374 g/mol. The fraction of sp³-hybridized carbons (Fsp3) is 0.0769. The summed E-state index contributed by atoms with van der Waals surface area (Å²) >= 11 is 2.34. The van der Waals surface area contributed by atoms with Crippen molar-refractivity contribution >= 4 is 38.6 Å². The zero-order chi connectivity index (χ0) is 17.3. The molecule has 0 amide bonds. The van der Waals surface area contributed by atoms with Crippen molar-refractivity contribution in [1.29, 1.82) is 0 Å². The molecule has 0 spiro atoms. The lowest BCUT2D eigenvalue weighted by molar-refractivity contribution is -0.388. The second kappa shape index (κ2) is 6.34. The van der Waals surface area contributed by atoms with E-state index in [9.17, 15) is 18.5 Å². The van der Waals surface area contributed by atoms with E-state index in [1.807, 2.05) is 17.5 Å². The summed E-state index contributed by atoms with van der Waals surface area (Å²) in [5.74, 6) is 0.322. The molecule has 24 heavy (non-hydrogen) atoms. The Hall–Kier alpha value is -2.24. The van der Waals surface area contributed by atoms with Gasteiger partial charge in [0.25, 0.3) is 16.8 Å². The van der Waals surface area contributed by atoms with Crippen molar-refractivity contribution in [3.63, 3.8) is 0 Å². The minimum Gasteiger partial charge on any atom is -0.410 e. The van der Waals surface area contributed by atoms with Crippen molar-refractivity contribution in [2.45, 2.75) is 15.0 Å². The average Bonchev–Trinajstić information content (AvgIpc) is 3.16. The van der Waals surface area contributed by atoms with Crippen molar-refractivity contribution in [1.82, 2.24) is 10.2 Å². The number of nitro benzene ring substituents is 1. The van der Waals surface area contributed by atoms with Crippen LogP contribution in [-0.4, -0.2) is 29.8 Å². The van der Waals surface area contributed by atoms with Gasteiger partial charge in [-0.25, -0.2) is 8.42 Å². The van der Waals surface area contributed by atoms with Crippen LogP contribution in [0.1, 0.15) is 0 Å². The third-order valence-corrected chi connectivity index (χ3v) is 5.76. The lowest BCUT2D eigenvalue weighted by Crippen LogP contribution is -1.99. The fourth-order valence-corrected chi connectivity index (χ4v) is 3.85. The highest BCUT2D eigenvalue weighted by Gasteiger charge is 2.21. The summed E-state index contributed by atoms with van der Waals surface area (Å²) in [7, 11) is -3.54. The number of rotatable bonds is 5. The van der Waals surface area contributed by atoms with Crippen LogP contribution >= 0.6 is 23.1 Å². The first-order valence-corrected chi connectivity index (χ1v) is 9.97. The SMILES string of the molecule is CS(=O)(=O)c1ccc(Sc2nnc(-c3cccs3)o2)c([N+](=O)[O-])c1. The van der Waals surface area contributed by atoms with Gasteiger partial charge in [0, 0.05) is 12.3 Å². The smallest absolute Gasteiger partial charge is 0.284 e. The first-order chi connectivity index (χ1) is 11.3. The predicted octanol–water partition coefficient (Wildman–Crippen LogP) is 3.26. The number of hydrogen-bond donors (Lipinski definition) is 0. The van der Waals surface area contributed by atoms with Crippen LogP contribution in [-0.2, 0) is 9.84 Å². The van der Waals surface area contributed by atoms with Crippen LogP contribution < -0.4 is 0 Å². The van der Waals surface area contributed by atoms with E-state index < -0.39 is 14.8 Å². The standard InChI is InChI=1S/C13H9N3O5S3/c1-24(19,20)8-4-5-10(9(7-8)16(17)18)23-13-15-14-12(21-13)11-3-2-6-22-11/h2-7H,1H3. The maximum Gasteiger partial charge on any atom is 0.284 e. The lowest BCUT2D eigenvalue weighted by Gasteiger charge is -2.02. The molecule has 0 saturated carbocycles. The first kappa shape index (κ1) is 16.6. The molecule has 3 aromatic rings. The van der Waals surface area contributed by atoms with Gasteiger partial charge in [0.05, 0.1) is 19.6 Å². The highest BCUT2D eigenvalue weighted by Crippen LogP contribution is 2.36. The minimum absolute atomic E-state index is 0.122. The molecule has 0 N–H and O–H groups in total. The molecule has 2 heterocycles. The van der Waals surface area contributed by atoms with Crippen LogP contribution in [0.15, 0.2) is 55.1 Å². The summed E-state index contributed by atoms with van der Waals surface area (Å²) in [6, 6.07) is 7.34. The van der Waals surface area contributed by atoms with Crippen LogP contribution in [0.3, 0.4) is 0 Å². The Labute approximate surface area is 144 Å². The van der Waals surface area contributed by atoms with E-state index in [4.69, 9.17) is 4.42 Å². The van der Waals surface area contributed by atoms with Crippen molar-refractivity contribution in [2.75, 3.05) is 6.26 Å². The average molecular weight is 383 g/mol. The number of aromatic nitrogens is 2. The number of nitro groups is 1. The summed E-state index contributed by atoms with van der Waals surface area (Å²) in [5.41, 5.74) is -0.334. The van der Waals surface area contributed by atoms with Crippen molar-refractivity contribution < 1.29 is 17.8 Å². The number of sulfone groups is 1. The van der Waals surface area contributed by atoms with Gasteiger partial charge in [-0.2, -0.15) is 0 Å². The number of benzene rings is 1. The maximum atomic E-state index is 11.5. The second-order valence-corrected chi connectivity index (χ2v) is 8.57. The van der Waals surface area contributed by atoms with Gasteiger partial charge in [-0.1, -0.05) is 6.07 Å². The molecule has 11 heteroatoms. The molecule has 2 aromatic heterocycles. The molecule has 1 aromatic carbocycles. The third-order valence-electron chi connectivity index (χ3n) is 2.89. The first-order valence-electron chi connectivity index (χ1n) is 6.38. The fourth-order valence-electron chi connectivity index (χ4n) is 1.80. The Morgan fingerprint density at radius 1 is 1.29 bits per heavy atom. The molecule has 0 aliphatic heterocycles. The van der Waals surface area contributed by atoms with E-state index in [2.05, 4.69) is 10.2 Å². The molecule has 8 nitrogen and oxygen atoms in total. The topological polar surface area (TPSA) is 116 Å². The minimum atomic E-state index is -3.54. The summed E-state index contributed by atoms with van der Waals surface area (Å²) in [5, 5.41) is 21.0. The van der Waals surface area contributed by atoms with E-state index in [1.165, 1.54) is 23.5 Å². The molecule has 0 radical (unpaired) electrons. The van der Waals surface area contributed by atoms with E-state index in [0.717, 1.165) is 29.0 Å². The summed E-state index contributed by atoms with van der Waals surface area (Å²) in [6.45, 7) is 0. The van der Waals surface area contributed by atoms with Crippen molar-refractivity contribution in [2.24, 2.45) is 0 Å². The van der Waals surface area contributed by atoms with Crippen molar-refractivity contribution in [3.05, 3.63) is 45.8 Å². The van der Waals surface area contributed by atoms with Crippen LogP contribution in [0, 0.1) is 10.1 Å². The number of thiophene rings is 1. The number of nitrogens with zero attached hydrogens (tertiary/aromatic N) is 3. The van der Waals surface area contributed by atoms with Crippen molar-refractivity contribution in [3.8, 4) is 10.8 Å². The summed E-state index contributed by atoms with van der Waals surface area (Å²) in [4.78, 5) is 11.5. The summed E-state index contributed by atoms with van der Waals surface area (Å²) < 4.78 is 28.6. The van der Waals surface area contributed by atoms with E-state index in [0.29, 0.717) is 5.89 Å². The van der Waals surface area contributed by atoms with Gasteiger partial charge < -0.3 is 4.42 Å². The lowest BCUT2D eigenvalue weighted by atomic mass is 10.3. The zero-order valence-electron chi connectivity index (χ0n) is 12.1. The van der Waals surface area contributed by atoms with Crippen LogP contribution in [0.2, 0.25) is 0 Å². The Bertz CT molecular complexity index is 996. The molecule has 0 bridgehead atoms. The van der Waals surface area contributed by atoms with Gasteiger partial charge >= 0.3 is 0 Å². The van der Waals surface area contributed by atoms with Gasteiger partial charge in [0.1, 0.15) is 0 Å². The van der Waals surface area contributed by atoms with Gasteiger partial charge in [-0.15, -0.1) is 21.5 Å². The highest BCUT2D eigenvalue weighted by atomic mass is 32.2. The molecule has 0 saturated heterocycles. The molecule has 124 valence electrons. The maximum absolute atomic E-state index is 11.5. The quantitative estimate of drug-likeness (QED) is 0.487. The molecular formula is C13H9N3O5S3. The largest absolute Gasteiger partial charge is 0.410 e. The molecule has 0 aliphatic rings. The molecule has 0 unspecified atom stereocenters. The monoisotopic (exact) mass is 383 g/mol. The molecule has 3 rings (SSSR count). The molecule has 0 aliphatic carbocycles. The summed E-state index contributed by atoms with van der Waals surface area (Å²) in [6.07, 6.45) is 0.990. The molecule has 0 fully saturated rings. The normalized spacial score (nSPS) is 11.5. The van der Waals surface area contributed by atoms with Gasteiger partial charge in [0.15, 0.2) is 9.84 Å². The second-order valence-electron chi connectivity index (χ2n) is 4.61. The van der Waals surface area contributed by atoms with Crippen LogP contribution in [0.5, 0.6) is 0 Å².